The SMILES string of the molecule is COc1ccc(C2CCCCC(c3ccc4c(c3)OCO4)C2)cc1. The van der Waals surface area contributed by atoms with E-state index in [4.69, 9.17) is 14.2 Å². The maximum atomic E-state index is 5.56. The molecule has 1 fully saturated rings. The molecule has 1 aliphatic carbocycles. The summed E-state index contributed by atoms with van der Waals surface area (Å²) >= 11 is 0. The normalized spacial score (nSPS) is 22.9. The summed E-state index contributed by atoms with van der Waals surface area (Å²) in [6.07, 6.45) is 6.33. The molecule has 0 radical (unpaired) electrons. The van der Waals surface area contributed by atoms with Crippen molar-refractivity contribution < 1.29 is 14.2 Å². The number of methoxy groups -OCH3 is 1. The molecular weight excluding hydrogens is 300 g/mol. The lowest BCUT2D eigenvalue weighted by Gasteiger charge is -2.21. The molecule has 126 valence electrons. The van der Waals surface area contributed by atoms with Crippen LogP contribution in [0.25, 0.3) is 0 Å². The van der Waals surface area contributed by atoms with Crippen molar-refractivity contribution in [3.05, 3.63) is 53.6 Å². The zero-order valence-corrected chi connectivity index (χ0v) is 14.2. The van der Waals surface area contributed by atoms with Gasteiger partial charge in [-0.3, -0.25) is 0 Å². The Morgan fingerprint density at radius 2 is 1.50 bits per heavy atom. The summed E-state index contributed by atoms with van der Waals surface area (Å²) in [5.74, 6) is 3.92. The molecule has 0 amide bonds. The summed E-state index contributed by atoms with van der Waals surface area (Å²) < 4.78 is 16.3. The van der Waals surface area contributed by atoms with E-state index in [0.29, 0.717) is 18.6 Å². The second-order valence-electron chi connectivity index (χ2n) is 6.80. The van der Waals surface area contributed by atoms with Gasteiger partial charge < -0.3 is 14.2 Å². The summed E-state index contributed by atoms with van der Waals surface area (Å²) in [6.45, 7) is 0.345. The maximum absolute atomic E-state index is 5.56. The summed E-state index contributed by atoms with van der Waals surface area (Å²) in [4.78, 5) is 0. The van der Waals surface area contributed by atoms with Crippen LogP contribution in [0, 0.1) is 0 Å². The Hall–Kier alpha value is -2.16. The van der Waals surface area contributed by atoms with Crippen LogP contribution in [0.4, 0.5) is 0 Å². The molecule has 2 unspecified atom stereocenters. The van der Waals surface area contributed by atoms with E-state index in [-0.39, 0.29) is 0 Å². The van der Waals surface area contributed by atoms with E-state index in [2.05, 4.69) is 42.5 Å². The van der Waals surface area contributed by atoms with E-state index in [1.165, 1.54) is 43.2 Å². The highest BCUT2D eigenvalue weighted by Crippen LogP contribution is 2.42. The van der Waals surface area contributed by atoms with Crippen LogP contribution in [0.3, 0.4) is 0 Å². The molecule has 1 saturated carbocycles. The lowest BCUT2D eigenvalue weighted by atomic mass is 9.84. The highest BCUT2D eigenvalue weighted by Gasteiger charge is 2.24. The second kappa shape index (κ2) is 6.76. The molecule has 4 rings (SSSR count). The summed E-state index contributed by atoms with van der Waals surface area (Å²) in [5.41, 5.74) is 2.82. The minimum Gasteiger partial charge on any atom is -0.497 e. The van der Waals surface area contributed by atoms with Gasteiger partial charge in [-0.25, -0.2) is 0 Å². The second-order valence-corrected chi connectivity index (χ2v) is 6.80. The van der Waals surface area contributed by atoms with Gasteiger partial charge in [0.1, 0.15) is 5.75 Å². The fraction of sp³-hybridized carbons (Fsp3) is 0.429. The number of hydrogen-bond acceptors (Lipinski definition) is 3. The van der Waals surface area contributed by atoms with Gasteiger partial charge in [-0.2, -0.15) is 0 Å². The first-order chi connectivity index (χ1) is 11.8. The minimum atomic E-state index is 0.345. The Morgan fingerprint density at radius 3 is 2.25 bits per heavy atom. The highest BCUT2D eigenvalue weighted by atomic mass is 16.7. The average molecular weight is 324 g/mol. The molecular formula is C21H24O3. The van der Waals surface area contributed by atoms with Crippen molar-refractivity contribution in [3.63, 3.8) is 0 Å². The molecule has 2 atom stereocenters. The molecule has 3 heteroatoms. The number of benzene rings is 2. The summed E-state index contributed by atoms with van der Waals surface area (Å²) in [7, 11) is 1.72. The molecule has 1 aliphatic heterocycles. The standard InChI is InChI=1S/C21H24O3/c1-22-19-9-6-15(7-10-19)16-4-2-3-5-17(12-16)18-8-11-20-21(13-18)24-14-23-20/h6-11,13,16-17H,2-5,12,14H2,1H3. The van der Waals surface area contributed by atoms with E-state index in [0.717, 1.165) is 17.2 Å². The van der Waals surface area contributed by atoms with Gasteiger partial charge in [-0.05, 0) is 66.5 Å². The van der Waals surface area contributed by atoms with E-state index in [1.54, 1.807) is 7.11 Å². The van der Waals surface area contributed by atoms with Crippen LogP contribution in [0.15, 0.2) is 42.5 Å². The van der Waals surface area contributed by atoms with Crippen molar-refractivity contribution >= 4 is 0 Å². The summed E-state index contributed by atoms with van der Waals surface area (Å²) in [5, 5.41) is 0. The first-order valence-corrected chi connectivity index (χ1v) is 8.87. The predicted molar refractivity (Wildman–Crippen MR) is 94.1 cm³/mol. The molecule has 0 spiro atoms. The molecule has 2 aromatic carbocycles. The number of fused-ring (bicyclic) bond motifs is 1. The van der Waals surface area contributed by atoms with Gasteiger partial charge in [0.25, 0.3) is 0 Å². The Balaban J connectivity index is 1.55. The van der Waals surface area contributed by atoms with Crippen LogP contribution in [-0.4, -0.2) is 13.9 Å². The Labute approximate surface area is 143 Å². The average Bonchev–Trinajstić information content (AvgIpc) is 2.96. The van der Waals surface area contributed by atoms with Crippen molar-refractivity contribution in [1.82, 2.24) is 0 Å². The van der Waals surface area contributed by atoms with Gasteiger partial charge in [0.05, 0.1) is 7.11 Å². The maximum Gasteiger partial charge on any atom is 0.231 e. The van der Waals surface area contributed by atoms with Crippen molar-refractivity contribution in [2.24, 2.45) is 0 Å². The van der Waals surface area contributed by atoms with Crippen LogP contribution < -0.4 is 14.2 Å². The zero-order chi connectivity index (χ0) is 16.4. The quantitative estimate of drug-likeness (QED) is 0.721. The van der Waals surface area contributed by atoms with E-state index < -0.39 is 0 Å². The van der Waals surface area contributed by atoms with Gasteiger partial charge in [-0.1, -0.05) is 31.0 Å². The van der Waals surface area contributed by atoms with Crippen molar-refractivity contribution in [2.75, 3.05) is 13.9 Å². The van der Waals surface area contributed by atoms with Gasteiger partial charge in [0, 0.05) is 0 Å². The Kier molecular flexibility index (Phi) is 4.33. The van der Waals surface area contributed by atoms with Crippen molar-refractivity contribution in [2.45, 2.75) is 43.9 Å². The van der Waals surface area contributed by atoms with Crippen molar-refractivity contribution in [1.29, 1.82) is 0 Å². The highest BCUT2D eigenvalue weighted by molar-refractivity contribution is 5.45. The van der Waals surface area contributed by atoms with E-state index in [9.17, 15) is 0 Å². The molecule has 0 aromatic heterocycles. The minimum absolute atomic E-state index is 0.345. The van der Waals surface area contributed by atoms with Crippen LogP contribution in [0.1, 0.15) is 55.1 Å². The van der Waals surface area contributed by atoms with E-state index >= 15 is 0 Å². The van der Waals surface area contributed by atoms with Crippen LogP contribution in [0.5, 0.6) is 17.2 Å². The largest absolute Gasteiger partial charge is 0.497 e. The molecule has 0 bridgehead atoms. The van der Waals surface area contributed by atoms with Crippen molar-refractivity contribution in [3.8, 4) is 17.2 Å². The van der Waals surface area contributed by atoms with E-state index in [1.807, 2.05) is 0 Å². The number of rotatable bonds is 3. The molecule has 1 heterocycles. The smallest absolute Gasteiger partial charge is 0.231 e. The predicted octanol–water partition coefficient (Wildman–Crippen LogP) is 5.26. The van der Waals surface area contributed by atoms with Gasteiger partial charge in [-0.15, -0.1) is 0 Å². The molecule has 3 nitrogen and oxygen atoms in total. The van der Waals surface area contributed by atoms with Crippen LogP contribution in [-0.2, 0) is 0 Å². The number of ether oxygens (including phenoxy) is 3. The topological polar surface area (TPSA) is 27.7 Å². The zero-order valence-electron chi connectivity index (χ0n) is 14.2. The molecule has 0 N–H and O–H groups in total. The lowest BCUT2D eigenvalue weighted by molar-refractivity contribution is 0.174. The van der Waals surface area contributed by atoms with Gasteiger partial charge >= 0.3 is 0 Å². The monoisotopic (exact) mass is 324 g/mol. The third-order valence-electron chi connectivity index (χ3n) is 5.38. The fourth-order valence-corrected chi connectivity index (χ4v) is 4.01. The first kappa shape index (κ1) is 15.4. The lowest BCUT2D eigenvalue weighted by Crippen LogP contribution is -2.04. The van der Waals surface area contributed by atoms with Crippen LogP contribution in [0.2, 0.25) is 0 Å². The third-order valence-corrected chi connectivity index (χ3v) is 5.38. The van der Waals surface area contributed by atoms with Gasteiger partial charge in [0.2, 0.25) is 6.79 Å². The first-order valence-electron chi connectivity index (χ1n) is 8.87. The molecule has 2 aliphatic rings. The molecule has 0 saturated heterocycles. The number of hydrogen-bond donors (Lipinski definition) is 0. The Morgan fingerprint density at radius 1 is 0.833 bits per heavy atom. The fourth-order valence-electron chi connectivity index (χ4n) is 4.01. The third kappa shape index (κ3) is 3.08. The van der Waals surface area contributed by atoms with Crippen LogP contribution >= 0.6 is 0 Å². The Bertz CT molecular complexity index is 693. The summed E-state index contributed by atoms with van der Waals surface area (Å²) in [6, 6.07) is 15.1. The van der Waals surface area contributed by atoms with Gasteiger partial charge in [0.15, 0.2) is 11.5 Å². The molecule has 2 aromatic rings. The molecule has 24 heavy (non-hydrogen) atoms.